The summed E-state index contributed by atoms with van der Waals surface area (Å²) in [4.78, 5) is 4.89. The van der Waals surface area contributed by atoms with Crippen molar-refractivity contribution in [3.63, 3.8) is 0 Å². The normalized spacial score (nSPS) is 19.6. The number of nitrogens with one attached hydrogen (secondary N) is 1. The van der Waals surface area contributed by atoms with Crippen molar-refractivity contribution in [1.29, 1.82) is 0 Å². The molecule has 1 fully saturated rings. The van der Waals surface area contributed by atoms with Crippen LogP contribution >= 0.6 is 11.3 Å². The van der Waals surface area contributed by atoms with Gasteiger partial charge in [-0.1, -0.05) is 40.0 Å². The quantitative estimate of drug-likeness (QED) is 0.896. The third kappa shape index (κ3) is 3.79. The molecule has 1 N–H and O–H groups in total. The summed E-state index contributed by atoms with van der Waals surface area (Å²) in [5, 5.41) is 7.00. The zero-order valence-electron chi connectivity index (χ0n) is 12.9. The van der Waals surface area contributed by atoms with Crippen LogP contribution in [0.15, 0.2) is 5.38 Å². The maximum Gasteiger partial charge on any atom is 0.0934 e. The molecular weight excluding hydrogens is 252 g/mol. The second-order valence-corrected chi connectivity index (χ2v) is 8.09. The van der Waals surface area contributed by atoms with Crippen molar-refractivity contribution < 1.29 is 0 Å². The molecule has 0 spiro atoms. The van der Waals surface area contributed by atoms with E-state index in [4.69, 9.17) is 4.98 Å². The van der Waals surface area contributed by atoms with Gasteiger partial charge in [0.05, 0.1) is 10.7 Å². The third-order valence-corrected chi connectivity index (χ3v) is 5.16. The highest BCUT2D eigenvalue weighted by Crippen LogP contribution is 2.39. The predicted molar refractivity (Wildman–Crippen MR) is 84.0 cm³/mol. The van der Waals surface area contributed by atoms with E-state index in [9.17, 15) is 0 Å². The van der Waals surface area contributed by atoms with Gasteiger partial charge in [0.25, 0.3) is 0 Å². The monoisotopic (exact) mass is 280 g/mol. The van der Waals surface area contributed by atoms with Gasteiger partial charge in [-0.15, -0.1) is 11.3 Å². The molecule has 1 aliphatic carbocycles. The van der Waals surface area contributed by atoms with E-state index < -0.39 is 0 Å². The highest BCUT2D eigenvalue weighted by atomic mass is 32.1. The Morgan fingerprint density at radius 2 is 1.95 bits per heavy atom. The van der Waals surface area contributed by atoms with Crippen LogP contribution in [0.5, 0.6) is 0 Å². The van der Waals surface area contributed by atoms with Crippen LogP contribution in [-0.2, 0) is 11.8 Å². The average molecular weight is 280 g/mol. The molecule has 0 aromatic carbocycles. The summed E-state index contributed by atoms with van der Waals surface area (Å²) in [6, 6.07) is 0. The van der Waals surface area contributed by atoms with Gasteiger partial charge in [-0.05, 0) is 25.3 Å². The maximum atomic E-state index is 4.89. The minimum Gasteiger partial charge on any atom is -0.319 e. The van der Waals surface area contributed by atoms with Crippen molar-refractivity contribution in [2.45, 2.75) is 64.7 Å². The molecule has 0 unspecified atom stereocenters. The molecular formula is C16H28N2S. The van der Waals surface area contributed by atoms with E-state index in [0.717, 1.165) is 13.0 Å². The van der Waals surface area contributed by atoms with E-state index >= 15 is 0 Å². The lowest BCUT2D eigenvalue weighted by Gasteiger charge is -2.36. The average Bonchev–Trinajstić information content (AvgIpc) is 2.78. The van der Waals surface area contributed by atoms with Crippen molar-refractivity contribution in [1.82, 2.24) is 10.3 Å². The van der Waals surface area contributed by atoms with Gasteiger partial charge < -0.3 is 5.32 Å². The van der Waals surface area contributed by atoms with Gasteiger partial charge >= 0.3 is 0 Å². The summed E-state index contributed by atoms with van der Waals surface area (Å²) in [6.45, 7) is 7.87. The Labute approximate surface area is 122 Å². The van der Waals surface area contributed by atoms with Crippen LogP contribution in [-0.4, -0.2) is 18.6 Å². The lowest BCUT2D eigenvalue weighted by Crippen LogP contribution is -2.36. The van der Waals surface area contributed by atoms with Crippen LogP contribution in [0.2, 0.25) is 0 Å². The van der Waals surface area contributed by atoms with Crippen molar-refractivity contribution in [3.05, 3.63) is 16.1 Å². The molecule has 19 heavy (non-hydrogen) atoms. The molecule has 1 aliphatic rings. The minimum absolute atomic E-state index is 0.178. The summed E-state index contributed by atoms with van der Waals surface area (Å²) >= 11 is 1.86. The summed E-state index contributed by atoms with van der Waals surface area (Å²) in [5.41, 5.74) is 1.89. The molecule has 0 saturated heterocycles. The molecule has 1 heterocycles. The summed E-state index contributed by atoms with van der Waals surface area (Å²) in [7, 11) is 2.08. The van der Waals surface area contributed by atoms with Crippen LogP contribution < -0.4 is 5.32 Å². The van der Waals surface area contributed by atoms with E-state index in [1.807, 2.05) is 11.3 Å². The molecule has 0 bridgehead atoms. The number of aromatic nitrogens is 1. The van der Waals surface area contributed by atoms with Crippen LogP contribution in [0.3, 0.4) is 0 Å². The first kappa shape index (κ1) is 15.0. The smallest absolute Gasteiger partial charge is 0.0934 e. The molecule has 108 valence electrons. The molecule has 1 saturated carbocycles. The van der Waals surface area contributed by atoms with Crippen LogP contribution in [0.25, 0.3) is 0 Å². The minimum atomic E-state index is 0.178. The van der Waals surface area contributed by atoms with Crippen LogP contribution in [0.1, 0.15) is 63.6 Å². The predicted octanol–water partition coefficient (Wildman–Crippen LogP) is 4.15. The Hall–Kier alpha value is -0.410. The third-order valence-electron chi connectivity index (χ3n) is 4.31. The maximum absolute atomic E-state index is 4.89. The molecule has 0 atom stereocenters. The molecule has 0 amide bonds. The number of hydrogen-bond donors (Lipinski definition) is 1. The fourth-order valence-electron chi connectivity index (χ4n) is 3.15. The zero-order valence-corrected chi connectivity index (χ0v) is 13.7. The molecule has 0 radical (unpaired) electrons. The summed E-state index contributed by atoms with van der Waals surface area (Å²) in [6.07, 6.45) is 8.07. The topological polar surface area (TPSA) is 24.9 Å². The second-order valence-electron chi connectivity index (χ2n) is 7.14. The van der Waals surface area contributed by atoms with Gasteiger partial charge in [0, 0.05) is 23.8 Å². The number of hydrogen-bond acceptors (Lipinski definition) is 3. The van der Waals surface area contributed by atoms with Gasteiger partial charge in [-0.25, -0.2) is 4.98 Å². The molecule has 1 aromatic rings. The zero-order chi connectivity index (χ0) is 13.9. The Kier molecular flexibility index (Phi) is 4.67. The first-order valence-corrected chi connectivity index (χ1v) is 8.43. The fourth-order valence-corrected chi connectivity index (χ4v) is 4.34. The van der Waals surface area contributed by atoms with E-state index in [2.05, 4.69) is 38.5 Å². The number of nitrogens with zero attached hydrogens (tertiary/aromatic N) is 1. The van der Waals surface area contributed by atoms with Crippen molar-refractivity contribution in [3.8, 4) is 0 Å². The Morgan fingerprint density at radius 3 is 2.47 bits per heavy atom. The standard InChI is InChI=1S/C16H28N2S/c1-15(2,3)13-11-19-14(18-13)10-16(12-17-4)8-6-5-7-9-16/h11,17H,5-10,12H2,1-4H3. The molecule has 3 heteroatoms. The first-order valence-electron chi connectivity index (χ1n) is 7.55. The first-order chi connectivity index (χ1) is 8.95. The highest BCUT2D eigenvalue weighted by Gasteiger charge is 2.32. The van der Waals surface area contributed by atoms with Crippen LogP contribution in [0.4, 0.5) is 0 Å². The fraction of sp³-hybridized carbons (Fsp3) is 0.812. The van der Waals surface area contributed by atoms with Crippen molar-refractivity contribution in [2.24, 2.45) is 5.41 Å². The Bertz CT molecular complexity index is 392. The molecule has 2 nitrogen and oxygen atoms in total. The molecule has 0 aliphatic heterocycles. The lowest BCUT2D eigenvalue weighted by molar-refractivity contribution is 0.184. The molecule has 2 rings (SSSR count). The highest BCUT2D eigenvalue weighted by molar-refractivity contribution is 7.09. The van der Waals surface area contributed by atoms with Gasteiger partial charge in [0.2, 0.25) is 0 Å². The largest absolute Gasteiger partial charge is 0.319 e. The van der Waals surface area contributed by atoms with E-state index in [1.165, 1.54) is 42.8 Å². The summed E-state index contributed by atoms with van der Waals surface area (Å²) in [5.74, 6) is 0. The van der Waals surface area contributed by atoms with E-state index in [-0.39, 0.29) is 5.41 Å². The number of rotatable bonds is 4. The lowest BCUT2D eigenvalue weighted by atomic mass is 9.72. The van der Waals surface area contributed by atoms with E-state index in [0.29, 0.717) is 5.41 Å². The SMILES string of the molecule is CNCC1(Cc2nc(C(C)(C)C)cs2)CCCCC1. The Balaban J connectivity index is 2.11. The van der Waals surface area contributed by atoms with Gasteiger partial charge in [0.1, 0.15) is 0 Å². The van der Waals surface area contributed by atoms with Gasteiger partial charge in [0.15, 0.2) is 0 Å². The van der Waals surface area contributed by atoms with Crippen molar-refractivity contribution >= 4 is 11.3 Å². The number of thiazole rings is 1. The van der Waals surface area contributed by atoms with Crippen molar-refractivity contribution in [2.75, 3.05) is 13.6 Å². The summed E-state index contributed by atoms with van der Waals surface area (Å²) < 4.78 is 0. The van der Waals surface area contributed by atoms with Gasteiger partial charge in [-0.2, -0.15) is 0 Å². The van der Waals surface area contributed by atoms with Crippen LogP contribution in [0, 0.1) is 5.41 Å². The molecule has 1 aromatic heterocycles. The van der Waals surface area contributed by atoms with Gasteiger partial charge in [-0.3, -0.25) is 0 Å². The van der Waals surface area contributed by atoms with E-state index in [1.54, 1.807) is 0 Å². The Morgan fingerprint density at radius 1 is 1.26 bits per heavy atom. The second kappa shape index (κ2) is 5.92.